The second kappa shape index (κ2) is 6.81. The first-order valence-electron chi connectivity index (χ1n) is 6.55. The Morgan fingerprint density at radius 2 is 2.06 bits per heavy atom. The number of hydrogen-bond donors (Lipinski definition) is 1. The molecule has 1 saturated heterocycles. The summed E-state index contributed by atoms with van der Waals surface area (Å²) >= 11 is 0. The Balaban J connectivity index is 2.67. The maximum Gasteiger partial charge on any atom is 0.281 e. The first kappa shape index (κ1) is 15.8. The van der Waals surface area contributed by atoms with E-state index in [9.17, 15) is 8.42 Å². The summed E-state index contributed by atoms with van der Waals surface area (Å²) in [4.78, 5) is 2.23. The van der Waals surface area contributed by atoms with Crippen LogP contribution in [0.15, 0.2) is 0 Å². The normalized spacial score (nSPS) is 23.7. The van der Waals surface area contributed by atoms with Gasteiger partial charge in [-0.2, -0.15) is 17.0 Å². The van der Waals surface area contributed by atoms with Crippen molar-refractivity contribution in [2.75, 3.05) is 46.8 Å². The van der Waals surface area contributed by atoms with E-state index in [1.807, 2.05) is 0 Å². The van der Waals surface area contributed by atoms with Gasteiger partial charge in [-0.25, -0.2) is 0 Å². The Morgan fingerprint density at radius 1 is 1.39 bits per heavy atom. The van der Waals surface area contributed by atoms with E-state index in [-0.39, 0.29) is 0 Å². The number of nitrogens with zero attached hydrogens (tertiary/aromatic N) is 3. The summed E-state index contributed by atoms with van der Waals surface area (Å²) in [6.07, 6.45) is 1.66. The standard InChI is InChI=1S/C11H26N4O2S/c1-4-11-10-15(9-8-13(11)2)18(16,17)14(3)7-5-6-12/h11H,4-10,12H2,1-3H3. The van der Waals surface area contributed by atoms with Gasteiger partial charge in [0.25, 0.3) is 10.2 Å². The lowest BCUT2D eigenvalue weighted by Crippen LogP contribution is -2.55. The minimum absolute atomic E-state index is 0.316. The van der Waals surface area contributed by atoms with Crippen molar-refractivity contribution in [1.82, 2.24) is 13.5 Å². The lowest BCUT2D eigenvalue weighted by Gasteiger charge is -2.39. The van der Waals surface area contributed by atoms with E-state index in [2.05, 4.69) is 18.9 Å². The van der Waals surface area contributed by atoms with Gasteiger partial charge in [0.2, 0.25) is 0 Å². The van der Waals surface area contributed by atoms with Crippen molar-refractivity contribution in [1.29, 1.82) is 0 Å². The molecule has 7 heteroatoms. The Hall–Kier alpha value is -0.210. The molecule has 0 aromatic carbocycles. The topological polar surface area (TPSA) is 69.9 Å². The third kappa shape index (κ3) is 3.64. The summed E-state index contributed by atoms with van der Waals surface area (Å²) in [5, 5.41) is 0. The molecule has 6 nitrogen and oxygen atoms in total. The molecule has 0 bridgehead atoms. The molecule has 1 rings (SSSR count). The highest BCUT2D eigenvalue weighted by molar-refractivity contribution is 7.86. The van der Waals surface area contributed by atoms with Crippen LogP contribution in [0.3, 0.4) is 0 Å². The molecule has 0 amide bonds. The van der Waals surface area contributed by atoms with Gasteiger partial charge in [-0.15, -0.1) is 0 Å². The molecule has 1 unspecified atom stereocenters. The van der Waals surface area contributed by atoms with Crippen LogP contribution >= 0.6 is 0 Å². The Morgan fingerprint density at radius 3 is 2.61 bits per heavy atom. The van der Waals surface area contributed by atoms with E-state index in [1.165, 1.54) is 4.31 Å². The zero-order valence-electron chi connectivity index (χ0n) is 11.7. The van der Waals surface area contributed by atoms with Gasteiger partial charge in [0, 0.05) is 39.3 Å². The Kier molecular flexibility index (Phi) is 6.00. The lowest BCUT2D eigenvalue weighted by atomic mass is 10.1. The number of piperazine rings is 1. The van der Waals surface area contributed by atoms with Crippen LogP contribution in [0.4, 0.5) is 0 Å². The fraction of sp³-hybridized carbons (Fsp3) is 1.00. The summed E-state index contributed by atoms with van der Waals surface area (Å²) in [5.74, 6) is 0. The Bertz CT molecular complexity index is 347. The molecule has 0 aliphatic carbocycles. The van der Waals surface area contributed by atoms with Crippen molar-refractivity contribution in [3.05, 3.63) is 0 Å². The summed E-state index contributed by atoms with van der Waals surface area (Å²) in [7, 11) is 0.365. The van der Waals surface area contributed by atoms with E-state index >= 15 is 0 Å². The predicted molar refractivity (Wildman–Crippen MR) is 73.5 cm³/mol. The summed E-state index contributed by atoms with van der Waals surface area (Å²) in [5.41, 5.74) is 5.42. The van der Waals surface area contributed by atoms with Gasteiger partial charge in [-0.05, 0) is 26.4 Å². The minimum atomic E-state index is -3.32. The Labute approximate surface area is 111 Å². The molecule has 108 valence electrons. The van der Waals surface area contributed by atoms with Gasteiger partial charge >= 0.3 is 0 Å². The second-order valence-electron chi connectivity index (χ2n) is 4.87. The SMILES string of the molecule is CCC1CN(S(=O)(=O)N(C)CCCN)CCN1C. The maximum atomic E-state index is 12.4. The molecule has 0 spiro atoms. The summed E-state index contributed by atoms with van der Waals surface area (Å²) in [6.45, 7) is 5.05. The first-order valence-corrected chi connectivity index (χ1v) is 7.94. The molecule has 18 heavy (non-hydrogen) atoms. The summed E-state index contributed by atoms with van der Waals surface area (Å²) < 4.78 is 27.7. The van der Waals surface area contributed by atoms with Gasteiger partial charge < -0.3 is 10.6 Å². The van der Waals surface area contributed by atoms with Crippen LogP contribution < -0.4 is 5.73 Å². The fourth-order valence-electron chi connectivity index (χ4n) is 2.19. The number of hydrogen-bond acceptors (Lipinski definition) is 4. The number of likely N-dealkylation sites (N-methyl/N-ethyl adjacent to an activating group) is 1. The summed E-state index contributed by atoms with van der Waals surface area (Å²) in [6, 6.07) is 0.316. The molecule has 1 aliphatic heterocycles. The highest BCUT2D eigenvalue weighted by Gasteiger charge is 2.32. The third-order valence-corrected chi connectivity index (χ3v) is 5.56. The number of nitrogens with two attached hydrogens (primary N) is 1. The van der Waals surface area contributed by atoms with Crippen molar-refractivity contribution in [3.63, 3.8) is 0 Å². The first-order chi connectivity index (χ1) is 8.43. The van der Waals surface area contributed by atoms with Crippen molar-refractivity contribution >= 4 is 10.2 Å². The van der Waals surface area contributed by atoms with Crippen LogP contribution in [0.5, 0.6) is 0 Å². The van der Waals surface area contributed by atoms with Gasteiger partial charge in [0.1, 0.15) is 0 Å². The van der Waals surface area contributed by atoms with Gasteiger partial charge in [-0.1, -0.05) is 6.92 Å². The van der Waals surface area contributed by atoms with Crippen LogP contribution in [0, 0.1) is 0 Å². The van der Waals surface area contributed by atoms with E-state index in [0.29, 0.717) is 38.6 Å². The molecule has 0 aromatic heterocycles. The van der Waals surface area contributed by atoms with Gasteiger partial charge in [-0.3, -0.25) is 0 Å². The molecule has 2 N–H and O–H groups in total. The highest BCUT2D eigenvalue weighted by Crippen LogP contribution is 2.16. The van der Waals surface area contributed by atoms with Gasteiger partial charge in [0.05, 0.1) is 0 Å². The van der Waals surface area contributed by atoms with Crippen LogP contribution in [-0.4, -0.2) is 74.8 Å². The molecule has 1 heterocycles. The van der Waals surface area contributed by atoms with Crippen LogP contribution in [0.25, 0.3) is 0 Å². The quantitative estimate of drug-likeness (QED) is 0.714. The lowest BCUT2D eigenvalue weighted by molar-refractivity contribution is 0.139. The largest absolute Gasteiger partial charge is 0.330 e. The second-order valence-corrected chi connectivity index (χ2v) is 6.91. The van der Waals surface area contributed by atoms with Crippen LogP contribution in [0.1, 0.15) is 19.8 Å². The van der Waals surface area contributed by atoms with Crippen LogP contribution in [0.2, 0.25) is 0 Å². The molecular weight excluding hydrogens is 252 g/mol. The third-order valence-electron chi connectivity index (χ3n) is 3.61. The molecule has 1 atom stereocenters. The van der Waals surface area contributed by atoms with Crippen molar-refractivity contribution in [2.45, 2.75) is 25.8 Å². The highest BCUT2D eigenvalue weighted by atomic mass is 32.2. The fourth-order valence-corrected chi connectivity index (χ4v) is 3.62. The maximum absolute atomic E-state index is 12.4. The zero-order valence-corrected chi connectivity index (χ0v) is 12.5. The van der Waals surface area contributed by atoms with Crippen molar-refractivity contribution in [3.8, 4) is 0 Å². The average Bonchev–Trinajstić information content (AvgIpc) is 2.36. The van der Waals surface area contributed by atoms with E-state index in [1.54, 1.807) is 11.4 Å². The monoisotopic (exact) mass is 278 g/mol. The van der Waals surface area contributed by atoms with Gasteiger partial charge in [0.15, 0.2) is 0 Å². The van der Waals surface area contributed by atoms with E-state index in [0.717, 1.165) is 13.0 Å². The van der Waals surface area contributed by atoms with Crippen LogP contribution in [-0.2, 0) is 10.2 Å². The minimum Gasteiger partial charge on any atom is -0.330 e. The molecular formula is C11H26N4O2S. The van der Waals surface area contributed by atoms with Crippen molar-refractivity contribution < 1.29 is 8.42 Å². The molecule has 0 saturated carbocycles. The smallest absolute Gasteiger partial charge is 0.281 e. The molecule has 1 aliphatic rings. The average molecular weight is 278 g/mol. The van der Waals surface area contributed by atoms with E-state index < -0.39 is 10.2 Å². The molecule has 0 radical (unpaired) electrons. The van der Waals surface area contributed by atoms with Crippen molar-refractivity contribution in [2.24, 2.45) is 5.73 Å². The zero-order chi connectivity index (χ0) is 13.8. The molecule has 0 aromatic rings. The predicted octanol–water partition coefficient (Wildman–Crippen LogP) is -0.462. The molecule has 1 fully saturated rings. The number of rotatable bonds is 6. The van der Waals surface area contributed by atoms with E-state index in [4.69, 9.17) is 5.73 Å².